The third kappa shape index (κ3) is 4.17. The molecule has 0 radical (unpaired) electrons. The number of hydrogen-bond donors (Lipinski definition) is 1. The van der Waals surface area contributed by atoms with Crippen molar-refractivity contribution in [3.8, 4) is 0 Å². The van der Waals surface area contributed by atoms with Gasteiger partial charge in [-0.25, -0.2) is 4.98 Å². The van der Waals surface area contributed by atoms with Gasteiger partial charge in [0.15, 0.2) is 6.29 Å². The Bertz CT molecular complexity index is 610. The van der Waals surface area contributed by atoms with Crippen molar-refractivity contribution >= 4 is 34.1 Å². The summed E-state index contributed by atoms with van der Waals surface area (Å²) in [5, 5.41) is 17.5. The number of thiazole rings is 1. The molecule has 0 aliphatic rings. The molecule has 2 rings (SSSR count). The minimum atomic E-state index is 0.123. The highest BCUT2D eigenvalue weighted by atomic mass is 32.1. The SMILES string of the molecule is CCN(CCO)c1ccc(N=Nc2ncc(C=O)s2)cc1. The lowest BCUT2D eigenvalue weighted by atomic mass is 10.2. The van der Waals surface area contributed by atoms with Crippen LogP contribution in [0.15, 0.2) is 40.7 Å². The lowest BCUT2D eigenvalue weighted by Gasteiger charge is -2.21. The van der Waals surface area contributed by atoms with Crippen LogP contribution in [0.25, 0.3) is 0 Å². The minimum Gasteiger partial charge on any atom is -0.395 e. The number of hydrogen-bond acceptors (Lipinski definition) is 7. The zero-order valence-electron chi connectivity index (χ0n) is 11.6. The summed E-state index contributed by atoms with van der Waals surface area (Å²) in [5.41, 5.74) is 1.74. The molecule has 0 unspecified atom stereocenters. The summed E-state index contributed by atoms with van der Waals surface area (Å²) in [6, 6.07) is 7.58. The first-order valence-corrected chi connectivity index (χ1v) is 7.37. The topological polar surface area (TPSA) is 78.2 Å². The Morgan fingerprint density at radius 2 is 2.10 bits per heavy atom. The Morgan fingerprint density at radius 1 is 1.33 bits per heavy atom. The number of carbonyl (C=O) groups is 1. The van der Waals surface area contributed by atoms with Gasteiger partial charge in [-0.15, -0.1) is 10.2 Å². The van der Waals surface area contributed by atoms with Crippen LogP contribution in [0, 0.1) is 0 Å². The Balaban J connectivity index is 2.06. The molecule has 110 valence electrons. The number of aliphatic hydroxyl groups is 1. The average molecular weight is 304 g/mol. The van der Waals surface area contributed by atoms with E-state index in [1.54, 1.807) is 0 Å². The zero-order chi connectivity index (χ0) is 15.1. The number of likely N-dealkylation sites (N-methyl/N-ethyl adjacent to an activating group) is 1. The highest BCUT2D eigenvalue weighted by Gasteiger charge is 2.03. The molecule has 0 aliphatic heterocycles. The van der Waals surface area contributed by atoms with E-state index in [0.717, 1.165) is 18.5 Å². The Kier molecular flexibility index (Phi) is 5.53. The van der Waals surface area contributed by atoms with Gasteiger partial charge in [-0.2, -0.15) is 0 Å². The molecule has 21 heavy (non-hydrogen) atoms. The van der Waals surface area contributed by atoms with E-state index in [1.807, 2.05) is 31.2 Å². The van der Waals surface area contributed by atoms with E-state index in [-0.39, 0.29) is 6.61 Å². The third-order valence-corrected chi connectivity index (χ3v) is 3.65. The van der Waals surface area contributed by atoms with Crippen molar-refractivity contribution in [1.29, 1.82) is 0 Å². The number of aromatic nitrogens is 1. The molecule has 6 nitrogen and oxygen atoms in total. The molecule has 0 saturated carbocycles. The fourth-order valence-electron chi connectivity index (χ4n) is 1.80. The molecule has 2 aromatic rings. The summed E-state index contributed by atoms with van der Waals surface area (Å²) in [5.74, 6) is 0. The highest BCUT2D eigenvalue weighted by molar-refractivity contribution is 7.16. The van der Waals surface area contributed by atoms with Crippen LogP contribution in [0.5, 0.6) is 0 Å². The molecule has 1 aromatic heterocycles. The number of carbonyl (C=O) groups excluding carboxylic acids is 1. The number of rotatable bonds is 7. The lowest BCUT2D eigenvalue weighted by Crippen LogP contribution is -2.25. The first-order chi connectivity index (χ1) is 10.3. The summed E-state index contributed by atoms with van der Waals surface area (Å²) in [6.07, 6.45) is 2.22. The van der Waals surface area contributed by atoms with Gasteiger partial charge in [-0.1, -0.05) is 11.3 Å². The van der Waals surface area contributed by atoms with Gasteiger partial charge in [0.05, 0.1) is 23.4 Å². The van der Waals surface area contributed by atoms with Gasteiger partial charge in [-0.3, -0.25) is 4.79 Å². The van der Waals surface area contributed by atoms with Gasteiger partial charge in [-0.05, 0) is 31.2 Å². The summed E-state index contributed by atoms with van der Waals surface area (Å²) in [7, 11) is 0. The molecule has 0 fully saturated rings. The van der Waals surface area contributed by atoms with Crippen molar-refractivity contribution in [3.63, 3.8) is 0 Å². The number of aldehydes is 1. The van der Waals surface area contributed by atoms with Crippen molar-refractivity contribution in [2.45, 2.75) is 6.92 Å². The maximum absolute atomic E-state index is 10.6. The van der Waals surface area contributed by atoms with Crippen LogP contribution in [-0.2, 0) is 0 Å². The normalized spacial score (nSPS) is 11.0. The molecule has 0 bridgehead atoms. The van der Waals surface area contributed by atoms with E-state index in [0.29, 0.717) is 22.2 Å². The molecule has 0 spiro atoms. The molecule has 0 saturated heterocycles. The fourth-order valence-corrected chi connectivity index (χ4v) is 2.35. The van der Waals surface area contributed by atoms with Gasteiger partial charge < -0.3 is 10.0 Å². The molecule has 7 heteroatoms. The van der Waals surface area contributed by atoms with E-state index in [4.69, 9.17) is 5.11 Å². The summed E-state index contributed by atoms with van der Waals surface area (Å²) in [4.78, 5) is 17.1. The summed E-state index contributed by atoms with van der Waals surface area (Å²) >= 11 is 1.19. The molecular formula is C14H16N4O2S. The molecule has 1 heterocycles. The smallest absolute Gasteiger partial charge is 0.230 e. The second kappa shape index (κ2) is 7.61. The van der Waals surface area contributed by atoms with E-state index < -0.39 is 0 Å². The Morgan fingerprint density at radius 3 is 2.67 bits per heavy atom. The lowest BCUT2D eigenvalue weighted by molar-refractivity contribution is 0.112. The molecule has 0 atom stereocenters. The minimum absolute atomic E-state index is 0.123. The molecule has 0 aliphatic carbocycles. The van der Waals surface area contributed by atoms with Gasteiger partial charge in [0.2, 0.25) is 5.13 Å². The molecule has 0 amide bonds. The summed E-state index contributed by atoms with van der Waals surface area (Å²) in [6.45, 7) is 3.59. The molecule has 1 aromatic carbocycles. The maximum atomic E-state index is 10.6. The molecular weight excluding hydrogens is 288 g/mol. The number of azo groups is 1. The highest BCUT2D eigenvalue weighted by Crippen LogP contribution is 2.24. The Hall–Kier alpha value is -2.12. The van der Waals surface area contributed by atoms with Crippen molar-refractivity contribution < 1.29 is 9.90 Å². The van der Waals surface area contributed by atoms with E-state index in [2.05, 4.69) is 20.1 Å². The first-order valence-electron chi connectivity index (χ1n) is 6.55. The monoisotopic (exact) mass is 304 g/mol. The van der Waals surface area contributed by atoms with Gasteiger partial charge >= 0.3 is 0 Å². The van der Waals surface area contributed by atoms with Crippen LogP contribution >= 0.6 is 11.3 Å². The van der Waals surface area contributed by atoms with Crippen molar-refractivity contribution in [2.24, 2.45) is 10.2 Å². The quantitative estimate of drug-likeness (QED) is 0.629. The van der Waals surface area contributed by atoms with Gasteiger partial charge in [0.25, 0.3) is 0 Å². The van der Waals surface area contributed by atoms with E-state index in [1.165, 1.54) is 17.5 Å². The Labute approximate surface area is 126 Å². The van der Waals surface area contributed by atoms with Gasteiger partial charge in [0, 0.05) is 18.8 Å². The first kappa shape index (κ1) is 15.3. The zero-order valence-corrected chi connectivity index (χ0v) is 12.5. The molecule has 1 N–H and O–H groups in total. The predicted molar refractivity (Wildman–Crippen MR) is 83.1 cm³/mol. The second-order valence-electron chi connectivity index (χ2n) is 4.18. The fraction of sp³-hybridized carbons (Fsp3) is 0.286. The number of nitrogens with zero attached hydrogens (tertiary/aromatic N) is 4. The third-order valence-electron chi connectivity index (χ3n) is 2.85. The second-order valence-corrected chi connectivity index (χ2v) is 5.22. The van der Waals surface area contributed by atoms with Crippen molar-refractivity contribution in [2.75, 3.05) is 24.6 Å². The van der Waals surface area contributed by atoms with Crippen LogP contribution in [0.1, 0.15) is 16.6 Å². The van der Waals surface area contributed by atoms with Crippen molar-refractivity contribution in [1.82, 2.24) is 4.98 Å². The number of benzene rings is 1. The van der Waals surface area contributed by atoms with Crippen LogP contribution in [0.3, 0.4) is 0 Å². The predicted octanol–water partition coefficient (Wildman–Crippen LogP) is 3.19. The van der Waals surface area contributed by atoms with Crippen LogP contribution in [0.2, 0.25) is 0 Å². The van der Waals surface area contributed by atoms with E-state index in [9.17, 15) is 4.79 Å². The van der Waals surface area contributed by atoms with Gasteiger partial charge in [0.1, 0.15) is 0 Å². The number of anilines is 1. The maximum Gasteiger partial charge on any atom is 0.230 e. The largest absolute Gasteiger partial charge is 0.395 e. The van der Waals surface area contributed by atoms with Crippen molar-refractivity contribution in [3.05, 3.63) is 35.3 Å². The van der Waals surface area contributed by atoms with E-state index >= 15 is 0 Å². The average Bonchev–Trinajstić information content (AvgIpc) is 2.99. The number of aliphatic hydroxyl groups excluding tert-OH is 1. The van der Waals surface area contributed by atoms with Crippen LogP contribution in [-0.4, -0.2) is 36.1 Å². The van der Waals surface area contributed by atoms with Crippen LogP contribution < -0.4 is 4.90 Å². The summed E-state index contributed by atoms with van der Waals surface area (Å²) < 4.78 is 0. The standard InChI is InChI=1S/C14H16N4O2S/c1-2-18(7-8-19)12-5-3-11(4-6-12)16-17-14-15-9-13(10-20)21-14/h3-6,9-10,19H,2,7-8H2,1H3. The van der Waals surface area contributed by atoms with Crippen LogP contribution in [0.4, 0.5) is 16.5 Å².